The Hall–Kier alpha value is -0.860. The van der Waals surface area contributed by atoms with Crippen LogP contribution in [0.1, 0.15) is 18.0 Å². The van der Waals surface area contributed by atoms with Crippen LogP contribution >= 0.6 is 40.7 Å². The van der Waals surface area contributed by atoms with Gasteiger partial charge in [0.15, 0.2) is 5.75 Å². The number of piperazine rings is 1. The van der Waals surface area contributed by atoms with E-state index in [0.29, 0.717) is 16.5 Å². The van der Waals surface area contributed by atoms with Gasteiger partial charge in [-0.3, -0.25) is 15.0 Å². The molecule has 1 heterocycles. The summed E-state index contributed by atoms with van der Waals surface area (Å²) in [6.45, 7) is 7.16. The molecule has 0 spiro atoms. The van der Waals surface area contributed by atoms with Crippen molar-refractivity contribution in [1.82, 2.24) is 10.2 Å². The molecule has 6 nitrogen and oxygen atoms in total. The second kappa shape index (κ2) is 10.1. The number of nitrogens with zero attached hydrogens (tertiary/aromatic N) is 2. The number of phenolic OH excluding ortho intramolecular Hbond substituents is 1. The molecule has 0 aromatic heterocycles. The van der Waals surface area contributed by atoms with Crippen LogP contribution in [-0.4, -0.2) is 41.1 Å². The molecule has 0 radical (unpaired) electrons. The molecule has 0 bridgehead atoms. The average Bonchev–Trinajstić information content (AvgIpc) is 2.47. The molecule has 23 heavy (non-hydrogen) atoms. The molecule has 2 N–H and O–H groups in total. The highest BCUT2D eigenvalue weighted by molar-refractivity contribution is 9.10. The highest BCUT2D eigenvalue weighted by atomic mass is 79.9. The van der Waals surface area contributed by atoms with Crippen LogP contribution < -0.4 is 5.32 Å². The summed E-state index contributed by atoms with van der Waals surface area (Å²) in [6.07, 6.45) is 2.40. The molecule has 1 aromatic carbocycles. The van der Waals surface area contributed by atoms with Gasteiger partial charge in [-0.1, -0.05) is 22.0 Å². The Morgan fingerprint density at radius 3 is 2.57 bits per heavy atom. The lowest BCUT2D eigenvalue weighted by Crippen LogP contribution is -2.45. The van der Waals surface area contributed by atoms with Crippen molar-refractivity contribution in [3.05, 3.63) is 44.9 Å². The smallest absolute Gasteiger partial charge is 0.312 e. The Labute approximate surface area is 156 Å². The summed E-state index contributed by atoms with van der Waals surface area (Å²) < 4.78 is 0.589. The maximum atomic E-state index is 11.1. The lowest BCUT2D eigenvalue weighted by atomic mass is 9.99. The van der Waals surface area contributed by atoms with Gasteiger partial charge in [0, 0.05) is 48.3 Å². The lowest BCUT2D eigenvalue weighted by molar-refractivity contribution is -0.386. The van der Waals surface area contributed by atoms with Gasteiger partial charge in [-0.15, -0.1) is 31.4 Å². The van der Waals surface area contributed by atoms with E-state index in [1.807, 2.05) is 0 Å². The fourth-order valence-electron chi connectivity index (χ4n) is 2.62. The van der Waals surface area contributed by atoms with E-state index < -0.39 is 4.92 Å². The average molecular weight is 429 g/mol. The van der Waals surface area contributed by atoms with Crippen LogP contribution in [0, 0.1) is 10.1 Å². The fraction of sp³-hybridized carbons (Fsp3) is 0.429. The van der Waals surface area contributed by atoms with Gasteiger partial charge in [-0.25, -0.2) is 0 Å². The molecule has 1 aliphatic rings. The number of nitro groups is 1. The first-order valence-corrected chi connectivity index (χ1v) is 7.56. The van der Waals surface area contributed by atoms with Crippen LogP contribution in [0.2, 0.25) is 0 Å². The third kappa shape index (κ3) is 5.32. The van der Waals surface area contributed by atoms with Crippen LogP contribution in [0.5, 0.6) is 5.75 Å². The van der Waals surface area contributed by atoms with E-state index in [0.717, 1.165) is 26.2 Å². The number of hydrogen-bond acceptors (Lipinski definition) is 5. The maximum Gasteiger partial charge on any atom is 0.312 e. The summed E-state index contributed by atoms with van der Waals surface area (Å²) in [6, 6.07) is 2.96. The van der Waals surface area contributed by atoms with Gasteiger partial charge in [0.2, 0.25) is 0 Å². The van der Waals surface area contributed by atoms with Crippen molar-refractivity contribution in [3.8, 4) is 5.75 Å². The number of halogens is 3. The van der Waals surface area contributed by atoms with Gasteiger partial charge < -0.3 is 10.4 Å². The van der Waals surface area contributed by atoms with Gasteiger partial charge in [0.05, 0.1) is 4.92 Å². The highest BCUT2D eigenvalue weighted by Crippen LogP contribution is 2.40. The van der Waals surface area contributed by atoms with E-state index in [1.165, 1.54) is 6.07 Å². The molecule has 2 rings (SSSR count). The summed E-state index contributed by atoms with van der Waals surface area (Å²) in [5.74, 6) is -0.256. The molecular formula is C14H20BrCl2N3O3. The van der Waals surface area contributed by atoms with E-state index >= 15 is 0 Å². The van der Waals surface area contributed by atoms with Crippen molar-refractivity contribution in [3.63, 3.8) is 0 Å². The third-order valence-electron chi connectivity index (χ3n) is 3.62. The lowest BCUT2D eigenvalue weighted by Gasteiger charge is -2.35. The van der Waals surface area contributed by atoms with Gasteiger partial charge in [-0.05, 0) is 12.5 Å². The first-order valence-electron chi connectivity index (χ1n) is 6.77. The highest BCUT2D eigenvalue weighted by Gasteiger charge is 2.28. The fourth-order valence-corrected chi connectivity index (χ4v) is 3.09. The van der Waals surface area contributed by atoms with Crippen molar-refractivity contribution >= 4 is 46.4 Å². The maximum absolute atomic E-state index is 11.1. The predicted molar refractivity (Wildman–Crippen MR) is 99.0 cm³/mol. The summed E-state index contributed by atoms with van der Waals surface area (Å²) in [5, 5.41) is 24.6. The molecule has 0 unspecified atom stereocenters. The first kappa shape index (κ1) is 22.1. The zero-order valence-corrected chi connectivity index (χ0v) is 15.6. The normalized spacial score (nSPS) is 15.9. The van der Waals surface area contributed by atoms with Gasteiger partial charge in [-0.2, -0.15) is 0 Å². The third-order valence-corrected chi connectivity index (χ3v) is 4.08. The zero-order valence-electron chi connectivity index (χ0n) is 12.4. The zero-order chi connectivity index (χ0) is 15.4. The Balaban J connectivity index is 0.00000242. The van der Waals surface area contributed by atoms with E-state index in [-0.39, 0.29) is 42.3 Å². The molecule has 130 valence electrons. The minimum Gasteiger partial charge on any atom is -0.502 e. The van der Waals surface area contributed by atoms with Crippen molar-refractivity contribution in [2.45, 2.75) is 12.5 Å². The van der Waals surface area contributed by atoms with E-state index in [9.17, 15) is 15.2 Å². The largest absolute Gasteiger partial charge is 0.502 e. The van der Waals surface area contributed by atoms with Gasteiger partial charge >= 0.3 is 5.69 Å². The second-order valence-electron chi connectivity index (χ2n) is 4.95. The quantitative estimate of drug-likeness (QED) is 0.426. The molecule has 1 aromatic rings. The van der Waals surface area contributed by atoms with Crippen LogP contribution in [-0.2, 0) is 0 Å². The SMILES string of the molecule is C=CC[C@@H](c1cc(Br)cc([N+](=O)[O-])c1O)N1CCNCC1.Cl.Cl. The van der Waals surface area contributed by atoms with Gasteiger partial charge in [0.1, 0.15) is 0 Å². The summed E-state index contributed by atoms with van der Waals surface area (Å²) >= 11 is 3.29. The van der Waals surface area contributed by atoms with Crippen molar-refractivity contribution in [2.24, 2.45) is 0 Å². The monoisotopic (exact) mass is 427 g/mol. The second-order valence-corrected chi connectivity index (χ2v) is 5.86. The minimum atomic E-state index is -0.563. The number of nitro benzene ring substituents is 1. The molecule has 1 aliphatic heterocycles. The Morgan fingerprint density at radius 1 is 1.43 bits per heavy atom. The van der Waals surface area contributed by atoms with E-state index in [4.69, 9.17) is 0 Å². The molecule has 0 saturated carbocycles. The van der Waals surface area contributed by atoms with Crippen LogP contribution in [0.15, 0.2) is 29.3 Å². The molecule has 0 aliphatic carbocycles. The molecular weight excluding hydrogens is 409 g/mol. The van der Waals surface area contributed by atoms with Crippen LogP contribution in [0.25, 0.3) is 0 Å². The van der Waals surface area contributed by atoms with Crippen molar-refractivity contribution < 1.29 is 10.0 Å². The van der Waals surface area contributed by atoms with E-state index in [2.05, 4.69) is 32.7 Å². The van der Waals surface area contributed by atoms with Crippen LogP contribution in [0.3, 0.4) is 0 Å². The number of benzene rings is 1. The number of hydrogen-bond donors (Lipinski definition) is 2. The Kier molecular flexibility index (Phi) is 9.72. The Morgan fingerprint density at radius 2 is 2.04 bits per heavy atom. The number of aromatic hydroxyl groups is 1. The number of phenols is 1. The standard InChI is InChI=1S/C14H18BrN3O3.2ClH/c1-2-3-12(17-6-4-16-5-7-17)11-8-10(15)9-13(14(11)19)18(20)21;;/h2,8-9,12,16,19H,1,3-7H2;2*1H/t12-;;/m0../s1. The minimum absolute atomic E-state index is 0. The number of rotatable bonds is 5. The first-order chi connectivity index (χ1) is 10.0. The molecule has 1 fully saturated rings. The molecule has 1 atom stereocenters. The summed E-state index contributed by atoms with van der Waals surface area (Å²) in [5.41, 5.74) is 0.293. The predicted octanol–water partition coefficient (Wildman–Crippen LogP) is 3.43. The molecule has 1 saturated heterocycles. The topological polar surface area (TPSA) is 78.6 Å². The van der Waals surface area contributed by atoms with Gasteiger partial charge in [0.25, 0.3) is 0 Å². The van der Waals surface area contributed by atoms with Crippen molar-refractivity contribution in [2.75, 3.05) is 26.2 Å². The molecule has 9 heteroatoms. The summed E-state index contributed by atoms with van der Waals surface area (Å²) in [7, 11) is 0. The number of nitrogens with one attached hydrogen (secondary N) is 1. The summed E-state index contributed by atoms with van der Waals surface area (Å²) in [4.78, 5) is 12.7. The molecule has 0 amide bonds. The van der Waals surface area contributed by atoms with Crippen molar-refractivity contribution in [1.29, 1.82) is 0 Å². The van der Waals surface area contributed by atoms with E-state index in [1.54, 1.807) is 12.1 Å². The Bertz CT molecular complexity index is 554. The van der Waals surface area contributed by atoms with Crippen LogP contribution in [0.4, 0.5) is 5.69 Å².